The SMILES string of the molecule is COc1ccc(N2CCN(C(=O)NC3CCCCCC3)CC2)cc1OC. The lowest BCUT2D eigenvalue weighted by atomic mass is 10.1. The van der Waals surface area contributed by atoms with Crippen molar-refractivity contribution in [2.45, 2.75) is 44.6 Å². The molecule has 0 spiro atoms. The molecule has 0 aromatic heterocycles. The number of carbonyl (C=O) groups excluding carboxylic acids is 1. The number of amides is 2. The first kappa shape index (κ1) is 18.7. The molecule has 1 saturated heterocycles. The summed E-state index contributed by atoms with van der Waals surface area (Å²) in [5, 5.41) is 3.25. The van der Waals surface area contributed by atoms with Crippen LogP contribution in [0.5, 0.6) is 11.5 Å². The fraction of sp³-hybridized carbons (Fsp3) is 0.650. The van der Waals surface area contributed by atoms with Crippen LogP contribution in [0.3, 0.4) is 0 Å². The first-order valence-corrected chi connectivity index (χ1v) is 9.73. The van der Waals surface area contributed by atoms with E-state index in [1.165, 1.54) is 25.7 Å². The van der Waals surface area contributed by atoms with Crippen LogP contribution >= 0.6 is 0 Å². The highest BCUT2D eigenvalue weighted by Gasteiger charge is 2.24. The fourth-order valence-electron chi connectivity index (χ4n) is 3.88. The Morgan fingerprint density at radius 3 is 2.23 bits per heavy atom. The van der Waals surface area contributed by atoms with Gasteiger partial charge in [-0.05, 0) is 25.0 Å². The first-order valence-electron chi connectivity index (χ1n) is 9.73. The van der Waals surface area contributed by atoms with Gasteiger partial charge in [-0.2, -0.15) is 0 Å². The molecule has 1 N–H and O–H groups in total. The first-order chi connectivity index (χ1) is 12.7. The molecular weight excluding hydrogens is 330 g/mol. The van der Waals surface area contributed by atoms with E-state index in [-0.39, 0.29) is 6.03 Å². The molecule has 1 saturated carbocycles. The van der Waals surface area contributed by atoms with Gasteiger partial charge in [0.05, 0.1) is 14.2 Å². The number of urea groups is 1. The number of hydrogen-bond donors (Lipinski definition) is 1. The highest BCUT2D eigenvalue weighted by atomic mass is 16.5. The van der Waals surface area contributed by atoms with Gasteiger partial charge in [-0.1, -0.05) is 25.7 Å². The maximum absolute atomic E-state index is 12.6. The third-order valence-electron chi connectivity index (χ3n) is 5.48. The van der Waals surface area contributed by atoms with Crippen molar-refractivity contribution in [3.05, 3.63) is 18.2 Å². The zero-order valence-electron chi connectivity index (χ0n) is 16.0. The van der Waals surface area contributed by atoms with Gasteiger partial charge in [0.2, 0.25) is 0 Å². The molecule has 2 amide bonds. The van der Waals surface area contributed by atoms with E-state index in [0.717, 1.165) is 56.2 Å². The number of nitrogens with zero attached hydrogens (tertiary/aromatic N) is 2. The Kier molecular flexibility index (Phi) is 6.47. The van der Waals surface area contributed by atoms with E-state index in [1.54, 1.807) is 14.2 Å². The molecule has 144 valence electrons. The molecule has 0 bridgehead atoms. The lowest BCUT2D eigenvalue weighted by molar-refractivity contribution is 0.189. The smallest absolute Gasteiger partial charge is 0.317 e. The Labute approximate surface area is 156 Å². The van der Waals surface area contributed by atoms with Gasteiger partial charge in [-0.3, -0.25) is 0 Å². The van der Waals surface area contributed by atoms with Crippen molar-refractivity contribution < 1.29 is 14.3 Å². The Bertz CT molecular complexity index is 592. The molecule has 6 nitrogen and oxygen atoms in total. The lowest BCUT2D eigenvalue weighted by Crippen LogP contribution is -2.53. The Morgan fingerprint density at radius 2 is 1.62 bits per heavy atom. The van der Waals surface area contributed by atoms with Gasteiger partial charge in [-0.15, -0.1) is 0 Å². The number of methoxy groups -OCH3 is 2. The van der Waals surface area contributed by atoms with E-state index in [2.05, 4.69) is 10.2 Å². The number of ether oxygens (including phenoxy) is 2. The Morgan fingerprint density at radius 1 is 0.962 bits per heavy atom. The molecule has 1 aliphatic heterocycles. The summed E-state index contributed by atoms with van der Waals surface area (Å²) < 4.78 is 10.7. The molecule has 1 heterocycles. The zero-order valence-corrected chi connectivity index (χ0v) is 16.0. The highest BCUT2D eigenvalue weighted by Crippen LogP contribution is 2.31. The van der Waals surface area contributed by atoms with Gasteiger partial charge in [-0.25, -0.2) is 4.79 Å². The van der Waals surface area contributed by atoms with E-state index >= 15 is 0 Å². The molecule has 1 aliphatic carbocycles. The van der Waals surface area contributed by atoms with Crippen molar-refractivity contribution in [2.75, 3.05) is 45.3 Å². The molecule has 0 atom stereocenters. The van der Waals surface area contributed by atoms with Crippen molar-refractivity contribution >= 4 is 11.7 Å². The second-order valence-corrected chi connectivity index (χ2v) is 7.15. The minimum Gasteiger partial charge on any atom is -0.493 e. The second kappa shape index (κ2) is 9.01. The number of anilines is 1. The highest BCUT2D eigenvalue weighted by molar-refractivity contribution is 5.75. The van der Waals surface area contributed by atoms with Crippen LogP contribution in [0.25, 0.3) is 0 Å². The van der Waals surface area contributed by atoms with Crippen LogP contribution in [0.2, 0.25) is 0 Å². The summed E-state index contributed by atoms with van der Waals surface area (Å²) in [7, 11) is 3.29. The van der Waals surface area contributed by atoms with Gasteiger partial charge in [0, 0.05) is 44.0 Å². The molecule has 1 aromatic carbocycles. The molecule has 26 heavy (non-hydrogen) atoms. The largest absolute Gasteiger partial charge is 0.493 e. The maximum Gasteiger partial charge on any atom is 0.317 e. The third kappa shape index (κ3) is 4.54. The number of rotatable bonds is 4. The van der Waals surface area contributed by atoms with Crippen LogP contribution < -0.4 is 19.7 Å². The van der Waals surface area contributed by atoms with E-state index in [9.17, 15) is 4.79 Å². The summed E-state index contributed by atoms with van der Waals surface area (Å²) in [6.45, 7) is 3.14. The van der Waals surface area contributed by atoms with Crippen molar-refractivity contribution in [2.24, 2.45) is 0 Å². The van der Waals surface area contributed by atoms with E-state index in [1.807, 2.05) is 23.1 Å². The lowest BCUT2D eigenvalue weighted by Gasteiger charge is -2.37. The van der Waals surface area contributed by atoms with Gasteiger partial charge in [0.25, 0.3) is 0 Å². The minimum absolute atomic E-state index is 0.101. The van der Waals surface area contributed by atoms with Crippen LogP contribution in [0.15, 0.2) is 18.2 Å². The molecule has 0 unspecified atom stereocenters. The van der Waals surface area contributed by atoms with Crippen LogP contribution in [0.4, 0.5) is 10.5 Å². The molecule has 0 radical (unpaired) electrons. The summed E-state index contributed by atoms with van der Waals surface area (Å²) >= 11 is 0. The topological polar surface area (TPSA) is 54.0 Å². The zero-order chi connectivity index (χ0) is 18.4. The summed E-state index contributed by atoms with van der Waals surface area (Å²) in [5.41, 5.74) is 1.10. The van der Waals surface area contributed by atoms with E-state index in [0.29, 0.717) is 6.04 Å². The van der Waals surface area contributed by atoms with E-state index < -0.39 is 0 Å². The molecule has 3 rings (SSSR count). The minimum atomic E-state index is 0.101. The van der Waals surface area contributed by atoms with Crippen LogP contribution in [0.1, 0.15) is 38.5 Å². The molecule has 1 aromatic rings. The summed E-state index contributed by atoms with van der Waals surface area (Å²) in [6.07, 6.45) is 7.32. The second-order valence-electron chi connectivity index (χ2n) is 7.15. The summed E-state index contributed by atoms with van der Waals surface area (Å²) in [4.78, 5) is 16.8. The monoisotopic (exact) mass is 361 g/mol. The predicted octanol–water partition coefficient (Wildman–Crippen LogP) is 3.26. The average molecular weight is 361 g/mol. The molecule has 2 fully saturated rings. The number of nitrogens with one attached hydrogen (secondary N) is 1. The fourth-order valence-corrected chi connectivity index (χ4v) is 3.88. The van der Waals surface area contributed by atoms with Crippen molar-refractivity contribution in [1.29, 1.82) is 0 Å². The van der Waals surface area contributed by atoms with Crippen molar-refractivity contribution in [3.8, 4) is 11.5 Å². The predicted molar refractivity (Wildman–Crippen MR) is 103 cm³/mol. The summed E-state index contributed by atoms with van der Waals surface area (Å²) in [6, 6.07) is 6.43. The van der Waals surface area contributed by atoms with Crippen molar-refractivity contribution in [1.82, 2.24) is 10.2 Å². The maximum atomic E-state index is 12.6. The van der Waals surface area contributed by atoms with Crippen LogP contribution in [-0.4, -0.2) is 57.4 Å². The number of piperazine rings is 1. The Balaban J connectivity index is 1.52. The third-order valence-corrected chi connectivity index (χ3v) is 5.48. The van der Waals surface area contributed by atoms with Crippen LogP contribution in [-0.2, 0) is 0 Å². The van der Waals surface area contributed by atoms with Crippen LogP contribution in [0, 0.1) is 0 Å². The Hall–Kier alpha value is -2.11. The van der Waals surface area contributed by atoms with Gasteiger partial charge >= 0.3 is 6.03 Å². The number of benzene rings is 1. The number of carbonyl (C=O) groups is 1. The van der Waals surface area contributed by atoms with Gasteiger partial charge < -0.3 is 24.6 Å². The van der Waals surface area contributed by atoms with E-state index in [4.69, 9.17) is 9.47 Å². The average Bonchev–Trinajstić information content (AvgIpc) is 2.96. The normalized spacial score (nSPS) is 19.0. The molecule has 2 aliphatic rings. The van der Waals surface area contributed by atoms with Gasteiger partial charge in [0.1, 0.15) is 0 Å². The van der Waals surface area contributed by atoms with Crippen molar-refractivity contribution in [3.63, 3.8) is 0 Å². The van der Waals surface area contributed by atoms with Gasteiger partial charge in [0.15, 0.2) is 11.5 Å². The number of hydrogen-bond acceptors (Lipinski definition) is 4. The quantitative estimate of drug-likeness (QED) is 0.837. The summed E-state index contributed by atoms with van der Waals surface area (Å²) in [5.74, 6) is 1.47. The standard InChI is InChI=1S/C20H31N3O3/c1-25-18-10-9-17(15-19(18)26-2)22-11-13-23(14-12-22)20(24)21-16-7-5-3-4-6-8-16/h9-10,15-16H,3-8,11-14H2,1-2H3,(H,21,24). The molecule has 6 heteroatoms. The molecular formula is C20H31N3O3.